The van der Waals surface area contributed by atoms with Gasteiger partial charge in [-0.1, -0.05) is 54.6 Å². The molecule has 4 heterocycles. The summed E-state index contributed by atoms with van der Waals surface area (Å²) in [5.41, 5.74) is 9.92. The molecule has 0 aliphatic carbocycles. The van der Waals surface area contributed by atoms with E-state index in [-0.39, 0.29) is 18.8 Å². The molecule has 0 radical (unpaired) electrons. The molecule has 2 aromatic heterocycles. The minimum atomic E-state index is -1.32. The fourth-order valence-electron chi connectivity index (χ4n) is 6.20. The number of imidazole rings is 1. The minimum Gasteiger partial charge on any atom is -0.465 e. The lowest BCUT2D eigenvalue weighted by Crippen LogP contribution is -2.37. The molecule has 0 spiro atoms. The minimum absolute atomic E-state index is 0.0122. The van der Waals surface area contributed by atoms with Crippen LogP contribution in [0, 0.1) is 0 Å². The fraction of sp³-hybridized carbons (Fsp3) is 0.324. The molecular formula is C34H33N7O10. The number of hydrogen-bond donors (Lipinski definition) is 2. The first kappa shape index (κ1) is 33.4. The standard InChI is InChI=1S/C34H33N7O10/c1-3-45-33-36-24-10-6-9-23(31(42)48-18(2)49-34(44)51-26-17-47-28-25(50-32(35)43)16-46-29(26)28)27(24)41(33)15-19-11-13-20(14-12-19)21-7-4-5-8-22(21)30-37-39-40-38-30/h4-14,18,25-26,28-29H,3,15-17H2,1-2H3,(H2,35,43)(H,37,38,39,40)/t18?,25-,26-,28-,29-/m1/s1. The Morgan fingerprint density at radius 1 is 0.941 bits per heavy atom. The number of aromatic nitrogens is 6. The zero-order valence-electron chi connectivity index (χ0n) is 27.5. The van der Waals surface area contributed by atoms with Gasteiger partial charge in [0.25, 0.3) is 6.01 Å². The molecule has 2 fully saturated rings. The summed E-state index contributed by atoms with van der Waals surface area (Å²) in [7, 11) is 0. The van der Waals surface area contributed by atoms with Crippen LogP contribution in [0.2, 0.25) is 0 Å². The number of primary amides is 1. The summed E-state index contributed by atoms with van der Waals surface area (Å²) in [6.45, 7) is 3.92. The number of nitrogens with zero attached hydrogens (tertiary/aromatic N) is 5. The van der Waals surface area contributed by atoms with Crippen molar-refractivity contribution in [1.29, 1.82) is 0 Å². The highest BCUT2D eigenvalue weighted by Gasteiger charge is 2.51. The number of carbonyl (C=O) groups is 3. The predicted octanol–water partition coefficient (Wildman–Crippen LogP) is 3.62. The van der Waals surface area contributed by atoms with Crippen molar-refractivity contribution in [1.82, 2.24) is 30.2 Å². The quantitative estimate of drug-likeness (QED) is 0.114. The summed E-state index contributed by atoms with van der Waals surface area (Å²) in [6.07, 6.45) is -6.26. The van der Waals surface area contributed by atoms with E-state index in [1.54, 1.807) is 22.8 Å². The molecule has 2 aliphatic rings. The summed E-state index contributed by atoms with van der Waals surface area (Å²) in [6, 6.07) is 21.1. The van der Waals surface area contributed by atoms with Crippen molar-refractivity contribution in [3.05, 3.63) is 77.9 Å². The molecule has 2 aliphatic heterocycles. The van der Waals surface area contributed by atoms with Crippen molar-refractivity contribution in [2.75, 3.05) is 19.8 Å². The zero-order chi connectivity index (χ0) is 35.5. The lowest BCUT2D eigenvalue weighted by Gasteiger charge is -2.19. The van der Waals surface area contributed by atoms with Crippen molar-refractivity contribution in [3.8, 4) is 28.5 Å². The molecule has 0 bridgehead atoms. The van der Waals surface area contributed by atoms with Crippen LogP contribution >= 0.6 is 0 Å². The first-order valence-corrected chi connectivity index (χ1v) is 16.1. The van der Waals surface area contributed by atoms with Gasteiger partial charge >= 0.3 is 18.2 Å². The van der Waals surface area contributed by atoms with Crippen LogP contribution in [0.1, 0.15) is 29.8 Å². The van der Waals surface area contributed by atoms with Crippen LogP contribution < -0.4 is 10.5 Å². The van der Waals surface area contributed by atoms with Gasteiger partial charge in [-0.25, -0.2) is 14.4 Å². The SMILES string of the molecule is CCOc1nc2cccc(C(=O)OC(C)OC(=O)O[C@@H]3CO[C@H]4[C@@H]3OC[C@H]4OC(N)=O)c2n1Cc1ccc(-c2ccccc2-c2nn[nH]n2)cc1. The molecule has 3 aromatic carbocycles. The van der Waals surface area contributed by atoms with Crippen molar-refractivity contribution < 1.29 is 47.5 Å². The molecule has 2 saturated heterocycles. The fourth-order valence-corrected chi connectivity index (χ4v) is 6.20. The second-order valence-electron chi connectivity index (χ2n) is 11.6. The average molecular weight is 700 g/mol. The predicted molar refractivity (Wildman–Crippen MR) is 175 cm³/mol. The number of nitrogens with two attached hydrogens (primary N) is 1. The van der Waals surface area contributed by atoms with Crippen molar-refractivity contribution in [3.63, 3.8) is 0 Å². The van der Waals surface area contributed by atoms with E-state index in [1.165, 1.54) is 6.92 Å². The highest BCUT2D eigenvalue weighted by atomic mass is 16.8. The monoisotopic (exact) mass is 699 g/mol. The molecule has 5 atom stereocenters. The number of H-pyrrole nitrogens is 1. The van der Waals surface area contributed by atoms with E-state index in [1.807, 2.05) is 55.5 Å². The Balaban J connectivity index is 1.05. The second kappa shape index (κ2) is 14.4. The highest BCUT2D eigenvalue weighted by molar-refractivity contribution is 6.02. The largest absolute Gasteiger partial charge is 0.511 e. The van der Waals surface area contributed by atoms with Gasteiger partial charge in [-0.3, -0.25) is 4.57 Å². The Kier molecular flexibility index (Phi) is 9.45. The smallest absolute Gasteiger partial charge is 0.465 e. The Labute approximate surface area is 289 Å². The van der Waals surface area contributed by atoms with E-state index >= 15 is 0 Å². The van der Waals surface area contributed by atoms with E-state index in [9.17, 15) is 14.4 Å². The number of benzene rings is 3. The Morgan fingerprint density at radius 2 is 1.67 bits per heavy atom. The van der Waals surface area contributed by atoms with Crippen LogP contribution in [-0.4, -0.2) is 98.9 Å². The van der Waals surface area contributed by atoms with E-state index < -0.39 is 48.9 Å². The maximum absolute atomic E-state index is 13.5. The number of para-hydroxylation sites is 1. The molecule has 17 heteroatoms. The summed E-state index contributed by atoms with van der Waals surface area (Å²) in [5.74, 6) is -0.266. The number of tetrazole rings is 1. The maximum atomic E-state index is 13.5. The van der Waals surface area contributed by atoms with Gasteiger partial charge in [-0.05, 0) is 41.0 Å². The third kappa shape index (κ3) is 7.01. The molecule has 17 nitrogen and oxygen atoms in total. The Hall–Kier alpha value is -6.07. The first-order chi connectivity index (χ1) is 24.8. The third-order valence-corrected chi connectivity index (χ3v) is 8.36. The number of amides is 1. The number of rotatable bonds is 11. The Morgan fingerprint density at radius 3 is 2.35 bits per heavy atom. The van der Waals surface area contributed by atoms with E-state index in [0.717, 1.165) is 22.3 Å². The average Bonchev–Trinajstić information content (AvgIpc) is 3.92. The number of ether oxygens (including phenoxy) is 7. The number of hydrogen-bond acceptors (Lipinski definition) is 14. The number of nitrogens with one attached hydrogen (secondary N) is 1. The van der Waals surface area contributed by atoms with E-state index in [4.69, 9.17) is 38.9 Å². The van der Waals surface area contributed by atoms with Gasteiger partial charge in [0.05, 0.1) is 43.0 Å². The number of aromatic amines is 1. The molecule has 5 aromatic rings. The molecule has 0 saturated carbocycles. The summed E-state index contributed by atoms with van der Waals surface area (Å²) < 4.78 is 39.9. The van der Waals surface area contributed by atoms with Gasteiger partial charge in [0.15, 0.2) is 12.2 Å². The first-order valence-electron chi connectivity index (χ1n) is 16.1. The number of esters is 1. The van der Waals surface area contributed by atoms with Crippen LogP contribution in [0.3, 0.4) is 0 Å². The summed E-state index contributed by atoms with van der Waals surface area (Å²) in [5, 5.41) is 14.4. The normalized spacial score (nSPS) is 20.0. The number of fused-ring (bicyclic) bond motifs is 2. The summed E-state index contributed by atoms with van der Waals surface area (Å²) in [4.78, 5) is 41.9. The van der Waals surface area contributed by atoms with Gasteiger partial charge in [-0.2, -0.15) is 10.2 Å². The molecule has 51 heavy (non-hydrogen) atoms. The van der Waals surface area contributed by atoms with E-state index in [0.29, 0.717) is 36.0 Å². The van der Waals surface area contributed by atoms with Gasteiger partial charge in [0, 0.05) is 12.5 Å². The molecule has 1 amide bonds. The lowest BCUT2D eigenvalue weighted by molar-refractivity contribution is -0.0987. The van der Waals surface area contributed by atoms with Gasteiger partial charge in [0.1, 0.15) is 12.2 Å². The zero-order valence-corrected chi connectivity index (χ0v) is 27.5. The van der Waals surface area contributed by atoms with Crippen LogP contribution in [0.25, 0.3) is 33.5 Å². The second-order valence-corrected chi connectivity index (χ2v) is 11.6. The van der Waals surface area contributed by atoms with E-state index in [2.05, 4.69) is 25.6 Å². The Bertz CT molecular complexity index is 2030. The molecule has 1 unspecified atom stereocenters. The number of carbonyl (C=O) groups excluding carboxylic acids is 3. The van der Waals surface area contributed by atoms with Crippen molar-refractivity contribution in [2.45, 2.75) is 51.1 Å². The highest BCUT2D eigenvalue weighted by Crippen LogP contribution is 2.33. The molecular weight excluding hydrogens is 666 g/mol. The molecule has 264 valence electrons. The van der Waals surface area contributed by atoms with Crippen molar-refractivity contribution in [2.24, 2.45) is 5.73 Å². The lowest BCUT2D eigenvalue weighted by atomic mass is 9.98. The van der Waals surface area contributed by atoms with Gasteiger partial charge in [-0.15, -0.1) is 10.2 Å². The van der Waals surface area contributed by atoms with Crippen LogP contribution in [-0.2, 0) is 35.0 Å². The molecule has 7 rings (SSSR count). The van der Waals surface area contributed by atoms with Gasteiger partial charge < -0.3 is 38.9 Å². The third-order valence-electron chi connectivity index (χ3n) is 8.36. The van der Waals surface area contributed by atoms with Crippen LogP contribution in [0.5, 0.6) is 6.01 Å². The van der Waals surface area contributed by atoms with Crippen molar-refractivity contribution >= 4 is 29.3 Å². The summed E-state index contributed by atoms with van der Waals surface area (Å²) >= 11 is 0. The van der Waals surface area contributed by atoms with Gasteiger partial charge in [0.2, 0.25) is 12.1 Å². The maximum Gasteiger partial charge on any atom is 0.511 e. The molecule has 3 N–H and O–H groups in total. The topological polar surface area (TPSA) is 214 Å². The van der Waals surface area contributed by atoms with Crippen LogP contribution in [0.15, 0.2) is 66.7 Å². The van der Waals surface area contributed by atoms with Crippen LogP contribution in [0.4, 0.5) is 9.59 Å².